The van der Waals surface area contributed by atoms with Crippen LogP contribution in [-0.2, 0) is 0 Å². The first-order valence-electron chi connectivity index (χ1n) is 4.24. The normalized spacial score (nSPS) is 11.4. The van der Waals surface area contributed by atoms with Gasteiger partial charge in [-0.15, -0.1) is 0 Å². The summed E-state index contributed by atoms with van der Waals surface area (Å²) in [6, 6.07) is 8.29. The third kappa shape index (κ3) is 0.723. The first-order valence-corrected chi connectivity index (χ1v) is 4.24. The fraction of sp³-hybridized carbons (Fsp3) is 0. The number of hydrogen-bond donors (Lipinski definition) is 0. The van der Waals surface area contributed by atoms with Crippen LogP contribution in [0.1, 0.15) is 0 Å². The van der Waals surface area contributed by atoms with Gasteiger partial charge in [-0.25, -0.2) is 4.98 Å². The van der Waals surface area contributed by atoms with Crippen molar-refractivity contribution in [2.24, 2.45) is 0 Å². The molecule has 0 N–H and O–H groups in total. The first-order chi connectivity index (χ1) is 6.38. The van der Waals surface area contributed by atoms with Crippen LogP contribution in [-0.4, -0.2) is 21.8 Å². The number of hydrogen-bond acceptors (Lipinski definition) is 1. The Balaban J connectivity index is 2.72. The Morgan fingerprint density at radius 3 is 2.77 bits per heavy atom. The molecule has 0 spiro atoms. The van der Waals surface area contributed by atoms with Gasteiger partial charge in [0.1, 0.15) is 0 Å². The van der Waals surface area contributed by atoms with Crippen LogP contribution >= 0.6 is 0 Å². The number of imidazole rings is 2. The largest absolute Gasteiger partial charge is 0.363 e. The fourth-order valence-electron chi connectivity index (χ4n) is 1.79. The molecule has 0 bridgehead atoms. The summed E-state index contributed by atoms with van der Waals surface area (Å²) in [7, 11) is 2.03. The standard InChI is InChI=1S/C9H8BN3/c10-13-8-4-2-1-3-7(8)12-6-5-11-9(12)13/h1-6H,10H2. The Bertz CT molecular complexity index is 579. The van der Waals surface area contributed by atoms with Crippen molar-refractivity contribution in [3.8, 4) is 0 Å². The highest BCUT2D eigenvalue weighted by Crippen LogP contribution is 2.17. The van der Waals surface area contributed by atoms with Crippen molar-refractivity contribution in [2.45, 2.75) is 0 Å². The fourth-order valence-corrected chi connectivity index (χ4v) is 1.79. The lowest BCUT2D eigenvalue weighted by Gasteiger charge is -1.92. The average Bonchev–Trinajstić information content (AvgIpc) is 2.72. The molecule has 3 nitrogen and oxygen atoms in total. The number of fused-ring (bicyclic) bond motifs is 3. The summed E-state index contributed by atoms with van der Waals surface area (Å²) >= 11 is 0. The van der Waals surface area contributed by atoms with E-state index < -0.39 is 0 Å². The molecule has 2 aromatic heterocycles. The lowest BCUT2D eigenvalue weighted by atomic mass is 10.3. The summed E-state index contributed by atoms with van der Waals surface area (Å²) in [6.07, 6.45) is 3.80. The predicted molar refractivity (Wildman–Crippen MR) is 54.6 cm³/mol. The molecule has 0 radical (unpaired) electrons. The summed E-state index contributed by atoms with van der Waals surface area (Å²) in [6.45, 7) is 0. The Morgan fingerprint density at radius 2 is 1.92 bits per heavy atom. The summed E-state index contributed by atoms with van der Waals surface area (Å²) in [4.78, 5) is 4.28. The lowest BCUT2D eigenvalue weighted by molar-refractivity contribution is 1.20. The van der Waals surface area contributed by atoms with E-state index in [0.717, 1.165) is 5.78 Å². The number of benzene rings is 1. The zero-order valence-corrected chi connectivity index (χ0v) is 7.31. The molecule has 3 rings (SSSR count). The van der Waals surface area contributed by atoms with Gasteiger partial charge < -0.3 is 4.48 Å². The lowest BCUT2D eigenvalue weighted by Crippen LogP contribution is -1.90. The van der Waals surface area contributed by atoms with Crippen molar-refractivity contribution in [3.05, 3.63) is 36.7 Å². The quantitative estimate of drug-likeness (QED) is 0.453. The van der Waals surface area contributed by atoms with Gasteiger partial charge in [-0.2, -0.15) is 0 Å². The second-order valence-electron chi connectivity index (χ2n) is 3.14. The molecule has 0 saturated heterocycles. The minimum absolute atomic E-state index is 0.987. The Kier molecular flexibility index (Phi) is 1.13. The van der Waals surface area contributed by atoms with E-state index in [4.69, 9.17) is 0 Å². The molecule has 13 heavy (non-hydrogen) atoms. The van der Waals surface area contributed by atoms with Crippen molar-refractivity contribution >= 4 is 24.8 Å². The molecule has 0 unspecified atom stereocenters. The molecule has 0 amide bonds. The smallest absolute Gasteiger partial charge is 0.227 e. The van der Waals surface area contributed by atoms with E-state index in [1.807, 2.05) is 32.5 Å². The molecule has 1 aromatic carbocycles. The first kappa shape index (κ1) is 6.77. The van der Waals surface area contributed by atoms with E-state index in [1.54, 1.807) is 0 Å². The molecular weight excluding hydrogens is 161 g/mol. The third-order valence-electron chi connectivity index (χ3n) is 2.42. The van der Waals surface area contributed by atoms with Crippen LogP contribution in [0, 0.1) is 0 Å². The summed E-state index contributed by atoms with van der Waals surface area (Å²) in [5.74, 6) is 0.987. The summed E-state index contributed by atoms with van der Waals surface area (Å²) in [5.41, 5.74) is 2.42. The van der Waals surface area contributed by atoms with E-state index in [0.29, 0.717) is 0 Å². The number of nitrogens with zero attached hydrogens (tertiary/aromatic N) is 3. The molecule has 0 saturated carbocycles. The summed E-state index contributed by atoms with van der Waals surface area (Å²) in [5, 5.41) is 0. The van der Waals surface area contributed by atoms with Gasteiger partial charge in [0, 0.05) is 12.4 Å². The maximum absolute atomic E-state index is 4.28. The number of rotatable bonds is 0. The number of aromatic nitrogens is 3. The zero-order valence-electron chi connectivity index (χ0n) is 7.31. The predicted octanol–water partition coefficient (Wildman–Crippen LogP) is 0.685. The maximum Gasteiger partial charge on any atom is 0.227 e. The molecular formula is C9H8BN3. The monoisotopic (exact) mass is 169 g/mol. The molecule has 0 aliphatic rings. The number of para-hydroxylation sites is 2. The average molecular weight is 169 g/mol. The topological polar surface area (TPSA) is 22.2 Å². The van der Waals surface area contributed by atoms with Crippen molar-refractivity contribution in [1.82, 2.24) is 13.9 Å². The molecule has 0 fully saturated rings. The van der Waals surface area contributed by atoms with Crippen LogP contribution < -0.4 is 0 Å². The molecule has 0 aliphatic heterocycles. The van der Waals surface area contributed by atoms with Gasteiger partial charge >= 0.3 is 0 Å². The van der Waals surface area contributed by atoms with Crippen molar-refractivity contribution in [2.75, 3.05) is 0 Å². The van der Waals surface area contributed by atoms with Gasteiger partial charge in [-0.1, -0.05) is 12.1 Å². The SMILES string of the molecule is Bn1c2ccccc2n2ccnc12. The molecule has 62 valence electrons. The van der Waals surface area contributed by atoms with Crippen LogP contribution in [0.3, 0.4) is 0 Å². The summed E-state index contributed by atoms with van der Waals surface area (Å²) < 4.78 is 4.19. The van der Waals surface area contributed by atoms with Crippen LogP contribution in [0.5, 0.6) is 0 Å². The molecule has 0 atom stereocenters. The highest BCUT2D eigenvalue weighted by molar-refractivity contribution is 6.13. The molecule has 4 heteroatoms. The van der Waals surface area contributed by atoms with E-state index in [-0.39, 0.29) is 0 Å². The van der Waals surface area contributed by atoms with Gasteiger partial charge in [-0.05, 0) is 12.1 Å². The van der Waals surface area contributed by atoms with Crippen LogP contribution in [0.2, 0.25) is 0 Å². The molecule has 0 aliphatic carbocycles. The highest BCUT2D eigenvalue weighted by atomic mass is 15.2. The zero-order chi connectivity index (χ0) is 8.84. The van der Waals surface area contributed by atoms with E-state index >= 15 is 0 Å². The van der Waals surface area contributed by atoms with Crippen molar-refractivity contribution in [3.63, 3.8) is 0 Å². The Labute approximate surface area is 76.0 Å². The highest BCUT2D eigenvalue weighted by Gasteiger charge is 2.05. The van der Waals surface area contributed by atoms with Gasteiger partial charge in [0.2, 0.25) is 13.8 Å². The minimum Gasteiger partial charge on any atom is -0.363 e. The van der Waals surface area contributed by atoms with Crippen molar-refractivity contribution in [1.29, 1.82) is 0 Å². The van der Waals surface area contributed by atoms with E-state index in [2.05, 4.69) is 26.0 Å². The van der Waals surface area contributed by atoms with Crippen LogP contribution in [0.15, 0.2) is 36.7 Å². The Morgan fingerprint density at radius 1 is 1.15 bits per heavy atom. The van der Waals surface area contributed by atoms with E-state index in [9.17, 15) is 0 Å². The third-order valence-corrected chi connectivity index (χ3v) is 2.42. The second-order valence-corrected chi connectivity index (χ2v) is 3.14. The van der Waals surface area contributed by atoms with E-state index in [1.165, 1.54) is 11.0 Å². The molecule has 2 heterocycles. The van der Waals surface area contributed by atoms with Gasteiger partial charge in [-0.3, -0.25) is 4.40 Å². The van der Waals surface area contributed by atoms with Gasteiger partial charge in [0.15, 0.2) is 0 Å². The maximum atomic E-state index is 4.28. The van der Waals surface area contributed by atoms with Crippen LogP contribution in [0.25, 0.3) is 16.8 Å². The Hall–Kier alpha value is -1.71. The van der Waals surface area contributed by atoms with Crippen LogP contribution in [0.4, 0.5) is 0 Å². The molecule has 3 aromatic rings. The second kappa shape index (κ2) is 2.16. The minimum atomic E-state index is 0.987. The van der Waals surface area contributed by atoms with Gasteiger partial charge in [0.05, 0.1) is 11.0 Å². The van der Waals surface area contributed by atoms with Gasteiger partial charge in [0.25, 0.3) is 0 Å². The van der Waals surface area contributed by atoms with Crippen molar-refractivity contribution < 1.29 is 0 Å².